The average Bonchev–Trinajstić information content (AvgIpc) is 2.94. The number of hydrogen-bond donors (Lipinski definition) is 4. The van der Waals surface area contributed by atoms with E-state index < -0.39 is 12.0 Å². The molecule has 0 unspecified atom stereocenters. The topological polar surface area (TPSA) is 132 Å². The minimum absolute atomic E-state index is 0.202. The van der Waals surface area contributed by atoms with Crippen LogP contribution in [0.15, 0.2) is 30.5 Å². The minimum atomic E-state index is -1.02. The standard InChI is InChI=1S/C13H16N6O2S/c14-11(12(20)21)5-8-1-3-10(4-2-8)19-7-9(17-18-19)6-16-13(15)22/h1-4,7,11H,5-6,14H2,(H,20,21)(H3,15,16,22)/t11-/m0/s1. The molecule has 9 heteroatoms. The largest absolute Gasteiger partial charge is 0.480 e. The Labute approximate surface area is 132 Å². The van der Waals surface area contributed by atoms with E-state index in [9.17, 15) is 4.79 Å². The number of rotatable bonds is 6. The van der Waals surface area contributed by atoms with Crippen molar-refractivity contribution in [1.82, 2.24) is 20.3 Å². The molecule has 0 bridgehead atoms. The van der Waals surface area contributed by atoms with Gasteiger partial charge in [-0.2, -0.15) is 0 Å². The molecule has 0 aliphatic rings. The number of nitrogens with one attached hydrogen (secondary N) is 1. The van der Waals surface area contributed by atoms with Gasteiger partial charge in [-0.1, -0.05) is 17.3 Å². The van der Waals surface area contributed by atoms with Gasteiger partial charge in [0, 0.05) is 0 Å². The lowest BCUT2D eigenvalue weighted by atomic mass is 10.1. The van der Waals surface area contributed by atoms with E-state index in [-0.39, 0.29) is 11.5 Å². The molecule has 116 valence electrons. The minimum Gasteiger partial charge on any atom is -0.480 e. The smallest absolute Gasteiger partial charge is 0.320 e. The molecule has 0 saturated heterocycles. The molecule has 2 rings (SSSR count). The second kappa shape index (κ2) is 6.96. The summed E-state index contributed by atoms with van der Waals surface area (Å²) >= 11 is 4.72. The quantitative estimate of drug-likeness (QED) is 0.526. The van der Waals surface area contributed by atoms with Crippen LogP contribution in [0.1, 0.15) is 11.3 Å². The third kappa shape index (κ3) is 4.24. The van der Waals surface area contributed by atoms with Gasteiger partial charge in [-0.25, -0.2) is 4.68 Å². The highest BCUT2D eigenvalue weighted by molar-refractivity contribution is 7.80. The van der Waals surface area contributed by atoms with Crippen LogP contribution in [0.2, 0.25) is 0 Å². The summed E-state index contributed by atoms with van der Waals surface area (Å²) in [7, 11) is 0. The van der Waals surface area contributed by atoms with Crippen molar-refractivity contribution in [2.45, 2.75) is 19.0 Å². The normalized spacial score (nSPS) is 11.9. The summed E-state index contributed by atoms with van der Waals surface area (Å²) in [6.07, 6.45) is 2.03. The molecular formula is C13H16N6O2S. The van der Waals surface area contributed by atoms with Gasteiger partial charge in [0.25, 0.3) is 0 Å². The first-order valence-electron chi connectivity index (χ1n) is 6.48. The molecule has 0 saturated carbocycles. The van der Waals surface area contributed by atoms with E-state index in [0.29, 0.717) is 12.2 Å². The maximum atomic E-state index is 10.7. The molecule has 6 N–H and O–H groups in total. The monoisotopic (exact) mass is 320 g/mol. The van der Waals surface area contributed by atoms with Crippen LogP contribution in [0.25, 0.3) is 5.69 Å². The molecule has 2 aromatic rings. The molecule has 1 atom stereocenters. The van der Waals surface area contributed by atoms with Crippen LogP contribution in [-0.4, -0.2) is 37.2 Å². The molecule has 0 aliphatic carbocycles. The molecule has 1 aromatic heterocycles. The Kier molecular flexibility index (Phi) is 5.02. The number of aliphatic carboxylic acids is 1. The summed E-state index contributed by atoms with van der Waals surface area (Å²) in [5.74, 6) is -1.02. The highest BCUT2D eigenvalue weighted by Gasteiger charge is 2.12. The maximum Gasteiger partial charge on any atom is 0.320 e. The van der Waals surface area contributed by atoms with Crippen LogP contribution in [0.4, 0.5) is 0 Å². The second-order valence-electron chi connectivity index (χ2n) is 4.69. The van der Waals surface area contributed by atoms with E-state index in [1.165, 1.54) is 0 Å². The van der Waals surface area contributed by atoms with Crippen LogP contribution < -0.4 is 16.8 Å². The van der Waals surface area contributed by atoms with Crippen LogP contribution >= 0.6 is 12.2 Å². The van der Waals surface area contributed by atoms with Crippen molar-refractivity contribution >= 4 is 23.3 Å². The third-order valence-electron chi connectivity index (χ3n) is 2.96. The number of carboxylic acid groups (broad SMARTS) is 1. The van der Waals surface area contributed by atoms with Crippen molar-refractivity contribution in [3.8, 4) is 5.69 Å². The van der Waals surface area contributed by atoms with Gasteiger partial charge in [-0.15, -0.1) is 5.10 Å². The van der Waals surface area contributed by atoms with Crippen molar-refractivity contribution in [1.29, 1.82) is 0 Å². The molecular weight excluding hydrogens is 304 g/mol. The van der Waals surface area contributed by atoms with E-state index >= 15 is 0 Å². The summed E-state index contributed by atoms with van der Waals surface area (Å²) < 4.78 is 1.61. The zero-order valence-electron chi connectivity index (χ0n) is 11.6. The first-order valence-corrected chi connectivity index (χ1v) is 6.89. The zero-order chi connectivity index (χ0) is 16.1. The Balaban J connectivity index is 2.04. The van der Waals surface area contributed by atoms with Gasteiger partial charge in [0.1, 0.15) is 11.7 Å². The summed E-state index contributed by atoms with van der Waals surface area (Å²) in [4.78, 5) is 10.7. The Morgan fingerprint density at radius 3 is 2.68 bits per heavy atom. The van der Waals surface area contributed by atoms with Crippen molar-refractivity contribution < 1.29 is 9.90 Å². The van der Waals surface area contributed by atoms with E-state index in [1.807, 2.05) is 24.3 Å². The van der Waals surface area contributed by atoms with Crippen molar-refractivity contribution in [2.24, 2.45) is 11.5 Å². The number of nitrogens with zero attached hydrogens (tertiary/aromatic N) is 3. The molecule has 0 spiro atoms. The first-order chi connectivity index (χ1) is 10.5. The number of hydrogen-bond acceptors (Lipinski definition) is 5. The predicted molar refractivity (Wildman–Crippen MR) is 84.3 cm³/mol. The van der Waals surface area contributed by atoms with Crippen molar-refractivity contribution in [3.63, 3.8) is 0 Å². The van der Waals surface area contributed by atoms with Crippen molar-refractivity contribution in [2.75, 3.05) is 0 Å². The number of benzene rings is 1. The van der Waals surface area contributed by atoms with Gasteiger partial charge in [-0.3, -0.25) is 4.79 Å². The molecule has 8 nitrogen and oxygen atoms in total. The van der Waals surface area contributed by atoms with Crippen LogP contribution in [0.5, 0.6) is 0 Å². The molecule has 0 aliphatic heterocycles. The van der Waals surface area contributed by atoms with E-state index in [0.717, 1.165) is 11.3 Å². The van der Waals surface area contributed by atoms with Gasteiger partial charge in [0.05, 0.1) is 18.4 Å². The van der Waals surface area contributed by atoms with Crippen molar-refractivity contribution in [3.05, 3.63) is 41.7 Å². The van der Waals surface area contributed by atoms with E-state index in [2.05, 4.69) is 15.6 Å². The fourth-order valence-electron chi connectivity index (χ4n) is 1.81. The maximum absolute atomic E-state index is 10.7. The molecule has 1 aromatic carbocycles. The fraction of sp³-hybridized carbons (Fsp3) is 0.231. The lowest BCUT2D eigenvalue weighted by Crippen LogP contribution is -2.32. The molecule has 0 fully saturated rings. The van der Waals surface area contributed by atoms with Gasteiger partial charge >= 0.3 is 5.97 Å². The Hall–Kier alpha value is -2.52. The first kappa shape index (κ1) is 15.9. The van der Waals surface area contributed by atoms with Gasteiger partial charge < -0.3 is 21.9 Å². The fourth-order valence-corrected chi connectivity index (χ4v) is 1.88. The second-order valence-corrected chi connectivity index (χ2v) is 5.13. The number of nitrogens with two attached hydrogens (primary N) is 2. The lowest BCUT2D eigenvalue weighted by molar-refractivity contribution is -0.138. The number of carboxylic acids is 1. The number of carbonyl (C=O) groups is 1. The van der Waals surface area contributed by atoms with Gasteiger partial charge in [-0.05, 0) is 36.3 Å². The Morgan fingerprint density at radius 1 is 1.41 bits per heavy atom. The van der Waals surface area contributed by atoms with Crippen LogP contribution in [0, 0.1) is 0 Å². The Morgan fingerprint density at radius 2 is 2.09 bits per heavy atom. The van der Waals surface area contributed by atoms with Crippen LogP contribution in [0.3, 0.4) is 0 Å². The zero-order valence-corrected chi connectivity index (χ0v) is 12.5. The molecule has 22 heavy (non-hydrogen) atoms. The van der Waals surface area contributed by atoms with E-state index in [4.69, 9.17) is 28.8 Å². The molecule has 0 amide bonds. The Bertz CT molecular complexity index is 669. The lowest BCUT2D eigenvalue weighted by Gasteiger charge is -2.07. The predicted octanol–water partition coefficient (Wildman–Crippen LogP) is -0.445. The number of aromatic nitrogens is 3. The molecule has 0 radical (unpaired) electrons. The summed E-state index contributed by atoms with van der Waals surface area (Å²) in [5.41, 5.74) is 13.2. The highest BCUT2D eigenvalue weighted by atomic mass is 32.1. The van der Waals surface area contributed by atoms with Gasteiger partial charge in [0.15, 0.2) is 5.11 Å². The molecule has 1 heterocycles. The summed E-state index contributed by atoms with van der Waals surface area (Å²) in [6.45, 7) is 0.404. The van der Waals surface area contributed by atoms with Crippen LogP contribution in [-0.2, 0) is 17.8 Å². The number of thiocarbonyl (C=S) groups is 1. The summed E-state index contributed by atoms with van der Waals surface area (Å²) in [6, 6.07) is 6.36. The summed E-state index contributed by atoms with van der Waals surface area (Å²) in [5, 5.41) is 19.8. The SMILES string of the molecule is NC(=S)NCc1cn(-c2ccc(C[C@H](N)C(=O)O)cc2)nn1. The average molecular weight is 320 g/mol. The van der Waals surface area contributed by atoms with E-state index in [1.54, 1.807) is 10.9 Å². The van der Waals surface area contributed by atoms with Gasteiger partial charge in [0.2, 0.25) is 0 Å². The third-order valence-corrected chi connectivity index (χ3v) is 3.10. The highest BCUT2D eigenvalue weighted by Crippen LogP contribution is 2.10.